The number of benzene rings is 1. The monoisotopic (exact) mass is 620 g/mol. The van der Waals surface area contributed by atoms with Gasteiger partial charge in [-0.05, 0) is 35.2 Å². The predicted octanol–water partition coefficient (Wildman–Crippen LogP) is 3.22. The van der Waals surface area contributed by atoms with Crippen molar-refractivity contribution in [2.45, 2.75) is 12.6 Å². The molecule has 1 unspecified atom stereocenters. The summed E-state index contributed by atoms with van der Waals surface area (Å²) in [7, 11) is -0.117. The number of sulfonamides is 1. The average molecular weight is 621 g/mol. The van der Waals surface area contributed by atoms with E-state index in [0.29, 0.717) is 35.0 Å². The molecule has 43 heavy (non-hydrogen) atoms. The zero-order chi connectivity index (χ0) is 30.1. The lowest BCUT2D eigenvalue weighted by Gasteiger charge is -2.24. The Kier molecular flexibility index (Phi) is 8.11. The smallest absolute Gasteiger partial charge is 0.263 e. The first-order valence-corrected chi connectivity index (χ1v) is 16.5. The van der Waals surface area contributed by atoms with Crippen LogP contribution in [-0.2, 0) is 28.4 Å². The number of fused-ring (bicyclic) bond motifs is 1. The van der Waals surface area contributed by atoms with E-state index in [9.17, 15) is 13.2 Å². The zero-order valence-electron chi connectivity index (χ0n) is 24.0. The van der Waals surface area contributed by atoms with Crippen molar-refractivity contribution in [3.05, 3.63) is 76.2 Å². The van der Waals surface area contributed by atoms with Gasteiger partial charge < -0.3 is 19.9 Å². The van der Waals surface area contributed by atoms with Gasteiger partial charge in [0, 0.05) is 63.7 Å². The van der Waals surface area contributed by atoms with Gasteiger partial charge in [-0.2, -0.15) is 4.98 Å². The van der Waals surface area contributed by atoms with E-state index >= 15 is 0 Å². The first-order valence-electron chi connectivity index (χ1n) is 13.8. The molecule has 1 aromatic carbocycles. The van der Waals surface area contributed by atoms with Gasteiger partial charge in [-0.25, -0.2) is 22.7 Å². The second kappa shape index (κ2) is 12.0. The number of hydrogen-bond donors (Lipinski definition) is 2. The van der Waals surface area contributed by atoms with E-state index in [1.807, 2.05) is 59.6 Å². The number of ether oxygens (including phenoxy) is 1. The van der Waals surface area contributed by atoms with Crippen LogP contribution in [0.15, 0.2) is 65.0 Å². The standard InChI is InChI=1S/C29H32N8O4S2/c1-35-18-23(25-5-4-14-42-25)33-27(35)22-15-20-16-31-29(32-21-8-6-19(7-9-21)24-17-30-10-13-41-24)34-26(20)37(28(22)38)12-11-36(2)43(3,39)40/h4-9,14-16,18,24,30H,10-13,17H2,1-3H3,(H,31,32,34). The van der Waals surface area contributed by atoms with Crippen molar-refractivity contribution < 1.29 is 13.2 Å². The van der Waals surface area contributed by atoms with Crippen molar-refractivity contribution in [2.75, 3.05) is 44.9 Å². The number of morpholine rings is 1. The Morgan fingerprint density at radius 3 is 2.72 bits per heavy atom. The fraction of sp³-hybridized carbons (Fsp3) is 0.310. The van der Waals surface area contributed by atoms with Gasteiger partial charge in [0.05, 0.1) is 35.1 Å². The van der Waals surface area contributed by atoms with Crippen molar-refractivity contribution in [3.63, 3.8) is 0 Å². The van der Waals surface area contributed by atoms with Gasteiger partial charge in [-0.15, -0.1) is 11.3 Å². The maximum Gasteiger partial charge on any atom is 0.263 e. The van der Waals surface area contributed by atoms with Crippen molar-refractivity contribution in [1.29, 1.82) is 0 Å². The van der Waals surface area contributed by atoms with E-state index in [1.165, 1.54) is 15.9 Å². The van der Waals surface area contributed by atoms with Gasteiger partial charge in [0.1, 0.15) is 11.5 Å². The molecule has 0 spiro atoms. The lowest BCUT2D eigenvalue weighted by Crippen LogP contribution is -2.33. The maximum absolute atomic E-state index is 14.0. The zero-order valence-corrected chi connectivity index (χ0v) is 25.7. The Balaban J connectivity index is 1.37. The normalized spacial score (nSPS) is 15.8. The molecule has 0 amide bonds. The fourth-order valence-corrected chi connectivity index (χ4v) is 6.04. The third kappa shape index (κ3) is 6.24. The third-order valence-electron chi connectivity index (χ3n) is 7.39. The van der Waals surface area contributed by atoms with Gasteiger partial charge in [-0.3, -0.25) is 9.36 Å². The predicted molar refractivity (Wildman–Crippen MR) is 168 cm³/mol. The molecular formula is C29H32N8O4S2. The fourth-order valence-electron chi connectivity index (χ4n) is 4.94. The van der Waals surface area contributed by atoms with Crippen LogP contribution in [0.2, 0.25) is 0 Å². The summed E-state index contributed by atoms with van der Waals surface area (Å²) in [6.07, 6.45) is 4.69. The van der Waals surface area contributed by atoms with Gasteiger partial charge in [-0.1, -0.05) is 18.2 Å². The van der Waals surface area contributed by atoms with E-state index in [1.54, 1.807) is 23.6 Å². The quantitative estimate of drug-likeness (QED) is 0.255. The number of pyridine rings is 1. The molecule has 0 radical (unpaired) electrons. The van der Waals surface area contributed by atoms with Gasteiger partial charge in [0.2, 0.25) is 16.0 Å². The summed E-state index contributed by atoms with van der Waals surface area (Å²) in [5.41, 5.74) is 3.06. The minimum absolute atomic E-state index is 0.00789. The molecule has 0 saturated carbocycles. The Morgan fingerprint density at radius 2 is 2.02 bits per heavy atom. The van der Waals surface area contributed by atoms with Gasteiger partial charge in [0.25, 0.3) is 5.56 Å². The molecule has 1 saturated heterocycles. The summed E-state index contributed by atoms with van der Waals surface area (Å²) >= 11 is 1.57. The molecule has 224 valence electrons. The van der Waals surface area contributed by atoms with Crippen LogP contribution >= 0.6 is 11.3 Å². The van der Waals surface area contributed by atoms with Gasteiger partial charge in [0.15, 0.2) is 0 Å². The van der Waals surface area contributed by atoms with E-state index in [2.05, 4.69) is 15.6 Å². The van der Waals surface area contributed by atoms with Gasteiger partial charge >= 0.3 is 0 Å². The highest BCUT2D eigenvalue weighted by Gasteiger charge is 2.20. The largest absolute Gasteiger partial charge is 0.371 e. The van der Waals surface area contributed by atoms with E-state index in [0.717, 1.165) is 41.2 Å². The molecule has 1 aliphatic heterocycles. The summed E-state index contributed by atoms with van der Waals surface area (Å²) in [5.74, 6) is 0.810. The lowest BCUT2D eigenvalue weighted by atomic mass is 10.1. The topological polar surface area (TPSA) is 136 Å². The van der Waals surface area contributed by atoms with Crippen LogP contribution in [-0.4, -0.2) is 76.4 Å². The number of anilines is 2. The first kappa shape index (κ1) is 29.1. The minimum Gasteiger partial charge on any atom is -0.371 e. The molecule has 1 fully saturated rings. The molecule has 5 aromatic rings. The second-order valence-electron chi connectivity index (χ2n) is 10.4. The van der Waals surface area contributed by atoms with Crippen LogP contribution < -0.4 is 16.2 Å². The summed E-state index contributed by atoms with van der Waals surface area (Å²) in [4.78, 5) is 29.0. The van der Waals surface area contributed by atoms with Crippen LogP contribution in [0.25, 0.3) is 33.0 Å². The number of hydrogen-bond acceptors (Lipinski definition) is 10. The van der Waals surface area contributed by atoms with E-state index in [-0.39, 0.29) is 24.8 Å². The van der Waals surface area contributed by atoms with Crippen LogP contribution in [0.4, 0.5) is 11.6 Å². The third-order valence-corrected chi connectivity index (χ3v) is 9.60. The number of imidazole rings is 1. The first-order chi connectivity index (χ1) is 20.7. The SMILES string of the molecule is CN(CCn1c(=O)c(-c2nc(-c3cccs3)cn2C)cc2cnc(Nc3ccc(C4CNCCO4)cc3)nc21)S(C)(=O)=O. The van der Waals surface area contributed by atoms with Crippen LogP contribution in [0.5, 0.6) is 0 Å². The molecule has 0 aliphatic carbocycles. The average Bonchev–Trinajstić information content (AvgIpc) is 3.67. The molecule has 2 N–H and O–H groups in total. The Labute approximate surface area is 253 Å². The molecule has 4 aromatic heterocycles. The molecule has 12 nitrogen and oxygen atoms in total. The molecule has 0 bridgehead atoms. The number of nitrogens with zero attached hydrogens (tertiary/aromatic N) is 6. The van der Waals surface area contributed by atoms with E-state index < -0.39 is 10.0 Å². The highest BCUT2D eigenvalue weighted by molar-refractivity contribution is 7.88. The second-order valence-corrected chi connectivity index (χ2v) is 13.5. The number of aromatic nitrogens is 5. The lowest BCUT2D eigenvalue weighted by molar-refractivity contribution is 0.0277. The number of rotatable bonds is 9. The van der Waals surface area contributed by atoms with Crippen molar-refractivity contribution >= 4 is 44.0 Å². The number of nitrogens with one attached hydrogen (secondary N) is 2. The summed E-state index contributed by atoms with van der Waals surface area (Å²) < 4.78 is 34.6. The maximum atomic E-state index is 14.0. The summed E-state index contributed by atoms with van der Waals surface area (Å²) in [6, 6.07) is 13.5. The molecule has 6 rings (SSSR count). The number of thiophene rings is 1. The van der Waals surface area contributed by atoms with Crippen molar-refractivity contribution in [3.8, 4) is 22.0 Å². The summed E-state index contributed by atoms with van der Waals surface area (Å²) in [6.45, 7) is 2.47. The van der Waals surface area contributed by atoms with Crippen LogP contribution in [0, 0.1) is 0 Å². The van der Waals surface area contributed by atoms with Crippen molar-refractivity contribution in [1.82, 2.24) is 33.7 Å². The van der Waals surface area contributed by atoms with Crippen LogP contribution in [0.1, 0.15) is 11.7 Å². The minimum atomic E-state index is -3.45. The Morgan fingerprint density at radius 1 is 1.21 bits per heavy atom. The van der Waals surface area contributed by atoms with E-state index in [4.69, 9.17) is 14.7 Å². The summed E-state index contributed by atoms with van der Waals surface area (Å²) in [5, 5.41) is 9.16. The highest BCUT2D eigenvalue weighted by atomic mass is 32.2. The highest BCUT2D eigenvalue weighted by Crippen LogP contribution is 2.28. The Bertz CT molecular complexity index is 1910. The van der Waals surface area contributed by atoms with Crippen molar-refractivity contribution in [2.24, 2.45) is 7.05 Å². The molecule has 1 atom stereocenters. The molecular weight excluding hydrogens is 589 g/mol. The molecule has 1 aliphatic rings. The molecule has 5 heterocycles. The van der Waals surface area contributed by atoms with Crippen LogP contribution in [0.3, 0.4) is 0 Å². The number of likely N-dealkylation sites (N-methyl/N-ethyl adjacent to an activating group) is 1. The molecule has 14 heteroatoms. The Hall–Kier alpha value is -3.95. The number of aryl methyl sites for hydroxylation is 1.